The molecule has 15 heavy (non-hydrogen) atoms. The summed E-state index contributed by atoms with van der Waals surface area (Å²) in [4.78, 5) is 11.5. The number of hydrogen-bond donors (Lipinski definition) is 1. The summed E-state index contributed by atoms with van der Waals surface area (Å²) in [7, 11) is 0. The van der Waals surface area contributed by atoms with E-state index in [1.54, 1.807) is 13.8 Å². The Morgan fingerprint density at radius 3 is 2.27 bits per heavy atom. The van der Waals surface area contributed by atoms with Crippen LogP contribution in [0.4, 0.5) is 0 Å². The number of nitrogens with two attached hydrogens (primary N) is 1. The van der Waals surface area contributed by atoms with Crippen LogP contribution in [0.1, 0.15) is 30.5 Å². The second kappa shape index (κ2) is 4.30. The molecule has 80 valence electrons. The van der Waals surface area contributed by atoms with Crippen LogP contribution in [0.25, 0.3) is 5.57 Å². The minimum absolute atomic E-state index is 0.0173. The Morgan fingerprint density at radius 1 is 1.20 bits per heavy atom. The summed E-state index contributed by atoms with van der Waals surface area (Å²) in [5.74, 6) is 0.0173. The SMILES string of the molecule is CC(=O)/C(=C(\C)N)c1cc(C)ccc1C. The lowest BCUT2D eigenvalue weighted by Crippen LogP contribution is -2.06. The first-order valence-corrected chi connectivity index (χ1v) is 4.98. The van der Waals surface area contributed by atoms with Crippen molar-refractivity contribution < 1.29 is 4.79 Å². The van der Waals surface area contributed by atoms with Crippen LogP contribution in [-0.4, -0.2) is 5.78 Å². The highest BCUT2D eigenvalue weighted by Crippen LogP contribution is 2.22. The molecule has 2 nitrogen and oxygen atoms in total. The van der Waals surface area contributed by atoms with Crippen LogP contribution >= 0.6 is 0 Å². The van der Waals surface area contributed by atoms with Gasteiger partial charge in [-0.25, -0.2) is 0 Å². The van der Waals surface area contributed by atoms with Crippen molar-refractivity contribution in [3.05, 3.63) is 40.6 Å². The third-order valence-corrected chi connectivity index (χ3v) is 2.41. The van der Waals surface area contributed by atoms with E-state index in [1.807, 2.05) is 32.0 Å². The van der Waals surface area contributed by atoms with Gasteiger partial charge in [0.1, 0.15) is 0 Å². The number of carbonyl (C=O) groups is 1. The lowest BCUT2D eigenvalue weighted by molar-refractivity contribution is -0.111. The monoisotopic (exact) mass is 203 g/mol. The molecule has 0 amide bonds. The van der Waals surface area contributed by atoms with Gasteiger partial charge in [-0.05, 0) is 38.8 Å². The zero-order valence-electron chi connectivity index (χ0n) is 9.72. The molecule has 0 atom stereocenters. The fourth-order valence-corrected chi connectivity index (χ4v) is 1.68. The van der Waals surface area contributed by atoms with Crippen LogP contribution in [-0.2, 0) is 4.79 Å². The summed E-state index contributed by atoms with van der Waals surface area (Å²) in [6, 6.07) is 6.04. The van der Waals surface area contributed by atoms with Gasteiger partial charge in [-0.2, -0.15) is 0 Å². The van der Waals surface area contributed by atoms with Crippen molar-refractivity contribution in [2.24, 2.45) is 5.73 Å². The van der Waals surface area contributed by atoms with Crippen molar-refractivity contribution in [2.45, 2.75) is 27.7 Å². The Kier molecular flexibility index (Phi) is 3.30. The van der Waals surface area contributed by atoms with Crippen molar-refractivity contribution >= 4 is 11.4 Å². The molecule has 1 aromatic carbocycles. The fourth-order valence-electron chi connectivity index (χ4n) is 1.68. The minimum atomic E-state index is 0.0173. The topological polar surface area (TPSA) is 43.1 Å². The summed E-state index contributed by atoms with van der Waals surface area (Å²) in [5.41, 5.74) is 10.1. The van der Waals surface area contributed by atoms with Crippen LogP contribution in [0.3, 0.4) is 0 Å². The number of aryl methyl sites for hydroxylation is 2. The standard InChI is InChI=1S/C13H17NO/c1-8-5-6-9(2)12(7-8)13(10(3)14)11(4)15/h5-7H,14H2,1-4H3/b13-10-. The van der Waals surface area contributed by atoms with Gasteiger partial charge in [0, 0.05) is 11.3 Å². The van der Waals surface area contributed by atoms with Crippen molar-refractivity contribution in [2.75, 3.05) is 0 Å². The zero-order chi connectivity index (χ0) is 11.6. The van der Waals surface area contributed by atoms with Crippen LogP contribution in [0.2, 0.25) is 0 Å². The van der Waals surface area contributed by atoms with Crippen molar-refractivity contribution in [3.8, 4) is 0 Å². The van der Waals surface area contributed by atoms with Gasteiger partial charge >= 0.3 is 0 Å². The summed E-state index contributed by atoms with van der Waals surface area (Å²) in [6.45, 7) is 7.30. The summed E-state index contributed by atoms with van der Waals surface area (Å²) in [6.07, 6.45) is 0. The molecule has 0 heterocycles. The maximum atomic E-state index is 11.5. The normalized spacial score (nSPS) is 12.3. The van der Waals surface area contributed by atoms with Crippen molar-refractivity contribution in [1.29, 1.82) is 0 Å². The number of rotatable bonds is 2. The van der Waals surface area contributed by atoms with Gasteiger partial charge in [-0.1, -0.05) is 23.8 Å². The predicted molar refractivity (Wildman–Crippen MR) is 63.4 cm³/mol. The highest BCUT2D eigenvalue weighted by atomic mass is 16.1. The lowest BCUT2D eigenvalue weighted by atomic mass is 9.95. The minimum Gasteiger partial charge on any atom is -0.402 e. The van der Waals surface area contributed by atoms with Gasteiger partial charge in [0.05, 0.1) is 0 Å². The van der Waals surface area contributed by atoms with E-state index in [1.165, 1.54) is 0 Å². The molecule has 2 heteroatoms. The molecule has 1 aromatic rings. The summed E-state index contributed by atoms with van der Waals surface area (Å²) in [5, 5.41) is 0. The molecule has 0 aliphatic rings. The molecule has 0 radical (unpaired) electrons. The van der Waals surface area contributed by atoms with Gasteiger partial charge in [-0.3, -0.25) is 4.79 Å². The molecule has 0 saturated carbocycles. The highest BCUT2D eigenvalue weighted by molar-refractivity contribution is 6.20. The van der Waals surface area contributed by atoms with E-state index in [0.29, 0.717) is 11.3 Å². The second-order valence-corrected chi connectivity index (χ2v) is 3.93. The first kappa shape index (κ1) is 11.5. The average Bonchev–Trinajstić information content (AvgIpc) is 2.10. The number of ketones is 1. The van der Waals surface area contributed by atoms with E-state index in [9.17, 15) is 4.79 Å². The van der Waals surface area contributed by atoms with E-state index in [2.05, 4.69) is 0 Å². The Bertz CT molecular complexity index is 426. The van der Waals surface area contributed by atoms with Crippen molar-refractivity contribution in [3.63, 3.8) is 0 Å². The molecule has 0 aliphatic carbocycles. The molecule has 0 bridgehead atoms. The van der Waals surface area contributed by atoms with Crippen molar-refractivity contribution in [1.82, 2.24) is 0 Å². The van der Waals surface area contributed by atoms with Crippen LogP contribution in [0.15, 0.2) is 23.9 Å². The van der Waals surface area contributed by atoms with E-state index in [0.717, 1.165) is 16.7 Å². The molecule has 0 fully saturated rings. The molecule has 0 spiro atoms. The van der Waals surface area contributed by atoms with Crippen LogP contribution < -0.4 is 5.73 Å². The Labute approximate surface area is 90.8 Å². The largest absolute Gasteiger partial charge is 0.402 e. The van der Waals surface area contributed by atoms with Gasteiger partial charge in [0.2, 0.25) is 0 Å². The van der Waals surface area contributed by atoms with E-state index < -0.39 is 0 Å². The number of allylic oxidation sites excluding steroid dienone is 2. The van der Waals surface area contributed by atoms with Crippen LogP contribution in [0, 0.1) is 13.8 Å². The number of hydrogen-bond acceptors (Lipinski definition) is 2. The second-order valence-electron chi connectivity index (χ2n) is 3.93. The summed E-state index contributed by atoms with van der Waals surface area (Å²) < 4.78 is 0. The van der Waals surface area contributed by atoms with Gasteiger partial charge in [-0.15, -0.1) is 0 Å². The zero-order valence-corrected chi connectivity index (χ0v) is 9.72. The van der Waals surface area contributed by atoms with Gasteiger partial charge in [0.25, 0.3) is 0 Å². The molecule has 0 unspecified atom stereocenters. The number of carbonyl (C=O) groups excluding carboxylic acids is 1. The molecule has 0 aliphatic heterocycles. The van der Waals surface area contributed by atoms with E-state index >= 15 is 0 Å². The average molecular weight is 203 g/mol. The Hall–Kier alpha value is -1.57. The molecular weight excluding hydrogens is 186 g/mol. The third-order valence-electron chi connectivity index (χ3n) is 2.41. The maximum absolute atomic E-state index is 11.5. The Morgan fingerprint density at radius 2 is 1.80 bits per heavy atom. The smallest absolute Gasteiger partial charge is 0.162 e. The molecule has 0 saturated heterocycles. The molecule has 1 rings (SSSR count). The Balaban J connectivity index is 3.43. The maximum Gasteiger partial charge on any atom is 0.162 e. The van der Waals surface area contributed by atoms with E-state index in [-0.39, 0.29) is 5.78 Å². The first-order valence-electron chi connectivity index (χ1n) is 4.98. The number of benzene rings is 1. The highest BCUT2D eigenvalue weighted by Gasteiger charge is 2.12. The third kappa shape index (κ3) is 2.46. The first-order chi connectivity index (χ1) is 6.93. The molecular formula is C13H17NO. The quantitative estimate of drug-likeness (QED) is 0.751. The predicted octanol–water partition coefficient (Wildman–Crippen LogP) is 2.58. The van der Waals surface area contributed by atoms with Crippen LogP contribution in [0.5, 0.6) is 0 Å². The molecule has 2 N–H and O–H groups in total. The van der Waals surface area contributed by atoms with Gasteiger partial charge in [0.15, 0.2) is 5.78 Å². The summed E-state index contributed by atoms with van der Waals surface area (Å²) >= 11 is 0. The number of Topliss-reactive ketones (excluding diaryl/α,β-unsaturated/α-hetero) is 1. The lowest BCUT2D eigenvalue weighted by Gasteiger charge is -2.10. The van der Waals surface area contributed by atoms with Gasteiger partial charge < -0.3 is 5.73 Å². The van der Waals surface area contributed by atoms with E-state index in [4.69, 9.17) is 5.73 Å². The fraction of sp³-hybridized carbons (Fsp3) is 0.308. The molecule has 0 aromatic heterocycles.